The Hall–Kier alpha value is -1.47. The summed E-state index contributed by atoms with van der Waals surface area (Å²) in [7, 11) is 0. The SMILES string of the molecule is Cc1cc(Br)c(NC(=O)C(C)N)cc1[N+](=O)[O-]. The predicted octanol–water partition coefficient (Wildman–Crippen LogP) is 1.95. The highest BCUT2D eigenvalue weighted by atomic mass is 79.9. The molecule has 0 aliphatic carbocycles. The Morgan fingerprint density at radius 1 is 1.59 bits per heavy atom. The molecule has 0 heterocycles. The lowest BCUT2D eigenvalue weighted by atomic mass is 10.2. The Morgan fingerprint density at radius 2 is 2.18 bits per heavy atom. The fourth-order valence-corrected chi connectivity index (χ4v) is 1.76. The van der Waals surface area contributed by atoms with Gasteiger partial charge in [-0.05, 0) is 35.8 Å². The van der Waals surface area contributed by atoms with Crippen molar-refractivity contribution in [3.8, 4) is 0 Å². The lowest BCUT2D eigenvalue weighted by Gasteiger charge is -2.10. The van der Waals surface area contributed by atoms with Crippen LogP contribution in [-0.4, -0.2) is 16.9 Å². The Kier molecular flexibility index (Phi) is 4.19. The van der Waals surface area contributed by atoms with Gasteiger partial charge in [-0.25, -0.2) is 0 Å². The minimum atomic E-state index is -0.678. The van der Waals surface area contributed by atoms with Crippen LogP contribution in [0.15, 0.2) is 16.6 Å². The summed E-state index contributed by atoms with van der Waals surface area (Å²) in [6.07, 6.45) is 0. The van der Waals surface area contributed by atoms with E-state index in [9.17, 15) is 14.9 Å². The maximum absolute atomic E-state index is 11.4. The number of nitro groups is 1. The first-order chi connectivity index (χ1) is 7.82. The highest BCUT2D eigenvalue weighted by Crippen LogP contribution is 2.30. The lowest BCUT2D eigenvalue weighted by Crippen LogP contribution is -2.32. The Labute approximate surface area is 106 Å². The molecular weight excluding hydrogens is 290 g/mol. The van der Waals surface area contributed by atoms with Crippen molar-refractivity contribution in [1.82, 2.24) is 0 Å². The second-order valence-electron chi connectivity index (χ2n) is 3.65. The average Bonchev–Trinajstić information content (AvgIpc) is 2.21. The molecule has 0 aliphatic heterocycles. The molecule has 3 N–H and O–H groups in total. The van der Waals surface area contributed by atoms with E-state index in [-0.39, 0.29) is 5.69 Å². The summed E-state index contributed by atoms with van der Waals surface area (Å²) < 4.78 is 0.578. The number of benzene rings is 1. The van der Waals surface area contributed by atoms with Crippen LogP contribution in [0.2, 0.25) is 0 Å². The molecule has 1 aromatic rings. The molecule has 0 saturated heterocycles. The van der Waals surface area contributed by atoms with E-state index < -0.39 is 16.9 Å². The van der Waals surface area contributed by atoms with Gasteiger partial charge in [-0.2, -0.15) is 0 Å². The summed E-state index contributed by atoms with van der Waals surface area (Å²) in [6, 6.07) is 2.21. The molecule has 7 heteroatoms. The van der Waals surface area contributed by atoms with Gasteiger partial charge in [0.15, 0.2) is 0 Å². The molecule has 17 heavy (non-hydrogen) atoms. The van der Waals surface area contributed by atoms with Crippen LogP contribution in [-0.2, 0) is 4.79 Å². The van der Waals surface area contributed by atoms with E-state index in [4.69, 9.17) is 5.73 Å². The summed E-state index contributed by atoms with van der Waals surface area (Å²) in [6.45, 7) is 3.16. The molecule has 0 radical (unpaired) electrons. The van der Waals surface area contributed by atoms with E-state index in [1.165, 1.54) is 13.0 Å². The molecule has 0 fully saturated rings. The molecule has 1 aromatic carbocycles. The molecule has 92 valence electrons. The van der Waals surface area contributed by atoms with Crippen LogP contribution >= 0.6 is 15.9 Å². The average molecular weight is 302 g/mol. The van der Waals surface area contributed by atoms with Crippen molar-refractivity contribution >= 4 is 33.2 Å². The van der Waals surface area contributed by atoms with Crippen LogP contribution in [0.1, 0.15) is 12.5 Å². The van der Waals surface area contributed by atoms with E-state index in [2.05, 4.69) is 21.2 Å². The number of carbonyl (C=O) groups is 1. The predicted molar refractivity (Wildman–Crippen MR) is 67.8 cm³/mol. The molecule has 1 rings (SSSR count). The van der Waals surface area contributed by atoms with Gasteiger partial charge in [0.05, 0.1) is 16.7 Å². The molecule has 1 amide bonds. The van der Waals surface area contributed by atoms with E-state index in [0.717, 1.165) is 0 Å². The summed E-state index contributed by atoms with van der Waals surface area (Å²) in [4.78, 5) is 21.7. The summed E-state index contributed by atoms with van der Waals surface area (Å²) in [5.74, 6) is -0.399. The number of hydrogen-bond donors (Lipinski definition) is 2. The lowest BCUT2D eigenvalue weighted by molar-refractivity contribution is -0.385. The fraction of sp³-hybridized carbons (Fsp3) is 0.300. The van der Waals surface area contributed by atoms with Gasteiger partial charge in [0, 0.05) is 16.1 Å². The van der Waals surface area contributed by atoms with Crippen molar-refractivity contribution in [2.45, 2.75) is 19.9 Å². The molecule has 0 saturated carbocycles. The number of carbonyl (C=O) groups excluding carboxylic acids is 1. The minimum absolute atomic E-state index is 0.0480. The van der Waals surface area contributed by atoms with Crippen molar-refractivity contribution in [3.05, 3.63) is 32.3 Å². The molecule has 6 nitrogen and oxygen atoms in total. The standard InChI is InChI=1S/C10H12BrN3O3/c1-5-3-7(11)8(4-9(5)14(16)17)13-10(15)6(2)12/h3-4,6H,12H2,1-2H3,(H,13,15). The zero-order chi connectivity index (χ0) is 13.2. The zero-order valence-electron chi connectivity index (χ0n) is 9.36. The van der Waals surface area contributed by atoms with Crippen molar-refractivity contribution in [3.63, 3.8) is 0 Å². The Balaban J connectivity index is 3.12. The molecule has 0 aromatic heterocycles. The van der Waals surface area contributed by atoms with Crippen LogP contribution in [0.25, 0.3) is 0 Å². The first-order valence-electron chi connectivity index (χ1n) is 4.84. The van der Waals surface area contributed by atoms with Gasteiger partial charge in [0.1, 0.15) is 0 Å². The number of hydrogen-bond acceptors (Lipinski definition) is 4. The van der Waals surface area contributed by atoms with Crippen molar-refractivity contribution < 1.29 is 9.72 Å². The second-order valence-corrected chi connectivity index (χ2v) is 4.51. The highest BCUT2D eigenvalue weighted by molar-refractivity contribution is 9.10. The summed E-state index contributed by atoms with van der Waals surface area (Å²) >= 11 is 3.23. The third-order valence-corrected chi connectivity index (χ3v) is 2.81. The normalized spacial score (nSPS) is 12.0. The summed E-state index contributed by atoms with van der Waals surface area (Å²) in [5, 5.41) is 13.3. The van der Waals surface area contributed by atoms with Crippen LogP contribution in [0.4, 0.5) is 11.4 Å². The maximum Gasteiger partial charge on any atom is 0.274 e. The van der Waals surface area contributed by atoms with Gasteiger partial charge in [-0.15, -0.1) is 0 Å². The van der Waals surface area contributed by atoms with Gasteiger partial charge in [0.25, 0.3) is 5.69 Å². The van der Waals surface area contributed by atoms with Crippen molar-refractivity contribution in [1.29, 1.82) is 0 Å². The number of anilines is 1. The first-order valence-corrected chi connectivity index (χ1v) is 5.63. The van der Waals surface area contributed by atoms with Crippen LogP contribution < -0.4 is 11.1 Å². The van der Waals surface area contributed by atoms with Crippen molar-refractivity contribution in [2.24, 2.45) is 5.73 Å². The first kappa shape index (κ1) is 13.6. The maximum atomic E-state index is 11.4. The molecule has 0 aliphatic rings. The van der Waals surface area contributed by atoms with Crippen LogP contribution in [0, 0.1) is 17.0 Å². The second kappa shape index (κ2) is 5.24. The number of halogens is 1. The number of aryl methyl sites for hydroxylation is 1. The number of amides is 1. The van der Waals surface area contributed by atoms with E-state index in [1.54, 1.807) is 13.0 Å². The number of nitrogens with two attached hydrogens (primary N) is 1. The van der Waals surface area contributed by atoms with Gasteiger partial charge in [0.2, 0.25) is 5.91 Å². The Bertz CT molecular complexity index is 474. The smallest absolute Gasteiger partial charge is 0.274 e. The number of nitrogens with one attached hydrogen (secondary N) is 1. The molecular formula is C10H12BrN3O3. The van der Waals surface area contributed by atoms with Gasteiger partial charge >= 0.3 is 0 Å². The largest absolute Gasteiger partial charge is 0.324 e. The highest BCUT2D eigenvalue weighted by Gasteiger charge is 2.16. The van der Waals surface area contributed by atoms with E-state index >= 15 is 0 Å². The van der Waals surface area contributed by atoms with Gasteiger partial charge in [-0.1, -0.05) is 0 Å². The van der Waals surface area contributed by atoms with Crippen LogP contribution in [0.5, 0.6) is 0 Å². The Morgan fingerprint density at radius 3 is 2.65 bits per heavy atom. The monoisotopic (exact) mass is 301 g/mol. The molecule has 1 unspecified atom stereocenters. The van der Waals surface area contributed by atoms with Crippen LogP contribution in [0.3, 0.4) is 0 Å². The number of nitro benzene ring substituents is 1. The third kappa shape index (κ3) is 3.24. The molecule has 0 bridgehead atoms. The van der Waals surface area contributed by atoms with E-state index in [0.29, 0.717) is 15.7 Å². The minimum Gasteiger partial charge on any atom is -0.324 e. The molecule has 0 spiro atoms. The third-order valence-electron chi connectivity index (χ3n) is 2.15. The topological polar surface area (TPSA) is 98.3 Å². The number of rotatable bonds is 3. The van der Waals surface area contributed by atoms with Gasteiger partial charge < -0.3 is 11.1 Å². The quantitative estimate of drug-likeness (QED) is 0.658. The van der Waals surface area contributed by atoms with Gasteiger partial charge in [-0.3, -0.25) is 14.9 Å². The zero-order valence-corrected chi connectivity index (χ0v) is 10.9. The molecule has 1 atom stereocenters. The fourth-order valence-electron chi connectivity index (χ4n) is 1.20. The van der Waals surface area contributed by atoms with Crippen molar-refractivity contribution in [2.75, 3.05) is 5.32 Å². The van der Waals surface area contributed by atoms with E-state index in [1.807, 2.05) is 0 Å². The summed E-state index contributed by atoms with van der Waals surface area (Å²) in [5.41, 5.74) is 6.20. The number of nitrogens with zero attached hydrogens (tertiary/aromatic N) is 1.